The SMILES string of the molecule is CN(CC(=O)Nc1ccc(OC(F)(F)F)cc1)C(=O)CNC(=O)c1ccco1. The molecule has 0 saturated heterocycles. The van der Waals surface area contributed by atoms with E-state index < -0.39 is 29.8 Å². The summed E-state index contributed by atoms with van der Waals surface area (Å²) >= 11 is 0. The monoisotopic (exact) mass is 399 g/mol. The molecule has 0 unspecified atom stereocenters. The van der Waals surface area contributed by atoms with Crippen LogP contribution < -0.4 is 15.4 Å². The smallest absolute Gasteiger partial charge is 0.459 e. The molecule has 2 rings (SSSR count). The van der Waals surface area contributed by atoms with Crippen LogP contribution in [-0.2, 0) is 9.59 Å². The predicted molar refractivity (Wildman–Crippen MR) is 90.4 cm³/mol. The normalized spacial score (nSPS) is 10.9. The first-order valence-electron chi connectivity index (χ1n) is 7.85. The first-order chi connectivity index (χ1) is 13.1. The lowest BCUT2D eigenvalue weighted by Gasteiger charge is -2.17. The molecule has 0 saturated carbocycles. The zero-order valence-electron chi connectivity index (χ0n) is 14.6. The van der Waals surface area contributed by atoms with Crippen LogP contribution in [0.25, 0.3) is 0 Å². The van der Waals surface area contributed by atoms with Gasteiger partial charge in [0.2, 0.25) is 11.8 Å². The molecule has 8 nitrogen and oxygen atoms in total. The topological polar surface area (TPSA) is 101 Å². The van der Waals surface area contributed by atoms with E-state index in [1.807, 2.05) is 0 Å². The Hall–Kier alpha value is -3.50. The van der Waals surface area contributed by atoms with Crippen LogP contribution in [-0.4, -0.2) is 49.1 Å². The number of benzene rings is 1. The molecular formula is C17H16F3N3O5. The highest BCUT2D eigenvalue weighted by molar-refractivity contribution is 5.96. The number of hydrogen-bond acceptors (Lipinski definition) is 5. The third-order valence-corrected chi connectivity index (χ3v) is 3.32. The summed E-state index contributed by atoms with van der Waals surface area (Å²) in [5.41, 5.74) is 0.228. The number of rotatable bonds is 7. The number of halogens is 3. The van der Waals surface area contributed by atoms with Crippen LogP contribution in [0, 0.1) is 0 Å². The van der Waals surface area contributed by atoms with Gasteiger partial charge in [0.05, 0.1) is 19.4 Å². The molecule has 11 heteroatoms. The first kappa shape index (κ1) is 20.8. The molecule has 1 heterocycles. The summed E-state index contributed by atoms with van der Waals surface area (Å²) in [6.45, 7) is -0.664. The average molecular weight is 399 g/mol. The number of nitrogens with zero attached hydrogens (tertiary/aromatic N) is 1. The van der Waals surface area contributed by atoms with E-state index in [1.165, 1.54) is 37.6 Å². The summed E-state index contributed by atoms with van der Waals surface area (Å²) in [7, 11) is 1.36. The van der Waals surface area contributed by atoms with Gasteiger partial charge in [0.1, 0.15) is 5.75 Å². The van der Waals surface area contributed by atoms with Gasteiger partial charge in [0.15, 0.2) is 5.76 Å². The summed E-state index contributed by atoms with van der Waals surface area (Å²) in [6.07, 6.45) is -3.49. The zero-order valence-corrected chi connectivity index (χ0v) is 14.6. The van der Waals surface area contributed by atoms with Gasteiger partial charge in [0, 0.05) is 12.7 Å². The van der Waals surface area contributed by atoms with Gasteiger partial charge in [-0.25, -0.2) is 0 Å². The fraction of sp³-hybridized carbons (Fsp3) is 0.235. The van der Waals surface area contributed by atoms with Crippen LogP contribution in [0.4, 0.5) is 18.9 Å². The molecule has 0 spiro atoms. The number of likely N-dealkylation sites (N-methyl/N-ethyl adjacent to an activating group) is 1. The summed E-state index contributed by atoms with van der Waals surface area (Å²) in [5.74, 6) is -2.05. The number of ether oxygens (including phenoxy) is 1. The van der Waals surface area contributed by atoms with E-state index in [4.69, 9.17) is 4.42 Å². The zero-order chi connectivity index (χ0) is 20.7. The van der Waals surface area contributed by atoms with Crippen molar-refractivity contribution >= 4 is 23.4 Å². The predicted octanol–water partition coefficient (Wildman–Crippen LogP) is 2.01. The van der Waals surface area contributed by atoms with Crippen LogP contribution in [0.5, 0.6) is 5.75 Å². The van der Waals surface area contributed by atoms with E-state index in [1.54, 1.807) is 0 Å². The number of carbonyl (C=O) groups excluding carboxylic acids is 3. The van der Waals surface area contributed by atoms with Gasteiger partial charge in [0.25, 0.3) is 5.91 Å². The van der Waals surface area contributed by atoms with Crippen molar-refractivity contribution in [3.05, 3.63) is 48.4 Å². The molecule has 2 aromatic rings. The van der Waals surface area contributed by atoms with Gasteiger partial charge in [-0.05, 0) is 36.4 Å². The summed E-state index contributed by atoms with van der Waals surface area (Å²) in [6, 6.07) is 7.50. The molecule has 2 N–H and O–H groups in total. The Morgan fingerprint density at radius 3 is 2.39 bits per heavy atom. The highest BCUT2D eigenvalue weighted by Gasteiger charge is 2.31. The van der Waals surface area contributed by atoms with Crippen molar-refractivity contribution in [2.24, 2.45) is 0 Å². The molecule has 3 amide bonds. The maximum atomic E-state index is 12.1. The van der Waals surface area contributed by atoms with Gasteiger partial charge >= 0.3 is 6.36 Å². The van der Waals surface area contributed by atoms with Gasteiger partial charge in [-0.1, -0.05) is 0 Å². The van der Waals surface area contributed by atoms with Crippen molar-refractivity contribution < 1.29 is 36.7 Å². The largest absolute Gasteiger partial charge is 0.573 e. The first-order valence-corrected chi connectivity index (χ1v) is 7.85. The number of amides is 3. The van der Waals surface area contributed by atoms with Crippen LogP contribution in [0.1, 0.15) is 10.6 Å². The second kappa shape index (κ2) is 8.93. The van der Waals surface area contributed by atoms with Crippen molar-refractivity contribution in [1.29, 1.82) is 0 Å². The van der Waals surface area contributed by atoms with Gasteiger partial charge in [-0.2, -0.15) is 0 Å². The van der Waals surface area contributed by atoms with Crippen LogP contribution in [0.2, 0.25) is 0 Å². The van der Waals surface area contributed by atoms with Crippen molar-refractivity contribution in [2.75, 3.05) is 25.5 Å². The van der Waals surface area contributed by atoms with Gasteiger partial charge < -0.3 is 24.7 Å². The Balaban J connectivity index is 1.78. The second-order valence-electron chi connectivity index (χ2n) is 5.53. The Kier molecular flexibility index (Phi) is 6.64. The molecule has 0 aliphatic carbocycles. The number of alkyl halides is 3. The fourth-order valence-corrected chi connectivity index (χ4v) is 2.03. The minimum absolute atomic E-state index is 0.0474. The number of carbonyl (C=O) groups is 3. The van der Waals surface area contributed by atoms with E-state index in [9.17, 15) is 27.6 Å². The second-order valence-corrected chi connectivity index (χ2v) is 5.53. The van der Waals surface area contributed by atoms with E-state index in [-0.39, 0.29) is 24.5 Å². The molecule has 1 aromatic carbocycles. The minimum atomic E-state index is -4.81. The Morgan fingerprint density at radius 2 is 1.82 bits per heavy atom. The highest BCUT2D eigenvalue weighted by atomic mass is 19.4. The maximum absolute atomic E-state index is 12.1. The van der Waals surface area contributed by atoms with E-state index in [2.05, 4.69) is 15.4 Å². The van der Waals surface area contributed by atoms with Crippen molar-refractivity contribution in [3.63, 3.8) is 0 Å². The summed E-state index contributed by atoms with van der Waals surface area (Å²) < 4.78 is 44.9. The Bertz CT molecular complexity index is 820. The van der Waals surface area contributed by atoms with Crippen molar-refractivity contribution in [3.8, 4) is 5.75 Å². The average Bonchev–Trinajstić information content (AvgIpc) is 3.14. The fourth-order valence-electron chi connectivity index (χ4n) is 2.03. The number of nitrogens with one attached hydrogen (secondary N) is 2. The molecule has 0 fully saturated rings. The molecule has 0 radical (unpaired) electrons. The Morgan fingerprint density at radius 1 is 1.14 bits per heavy atom. The van der Waals surface area contributed by atoms with E-state index in [0.717, 1.165) is 17.0 Å². The lowest BCUT2D eigenvalue weighted by molar-refractivity contribution is -0.274. The number of anilines is 1. The minimum Gasteiger partial charge on any atom is -0.459 e. The Labute approximate surface area is 157 Å². The molecule has 1 aromatic heterocycles. The van der Waals surface area contributed by atoms with Crippen LogP contribution in [0.3, 0.4) is 0 Å². The standard InChI is InChI=1S/C17H16F3N3O5/c1-23(15(25)9-21-16(26)13-3-2-8-27-13)10-14(24)22-11-4-6-12(7-5-11)28-17(18,19)20/h2-8H,9-10H2,1H3,(H,21,26)(H,22,24). The maximum Gasteiger partial charge on any atom is 0.573 e. The summed E-state index contributed by atoms with van der Waals surface area (Å²) in [4.78, 5) is 36.7. The lowest BCUT2D eigenvalue weighted by atomic mass is 10.3. The van der Waals surface area contributed by atoms with E-state index in [0.29, 0.717) is 0 Å². The van der Waals surface area contributed by atoms with E-state index >= 15 is 0 Å². The molecule has 28 heavy (non-hydrogen) atoms. The van der Waals surface area contributed by atoms with Gasteiger partial charge in [-0.15, -0.1) is 13.2 Å². The highest BCUT2D eigenvalue weighted by Crippen LogP contribution is 2.23. The molecule has 0 aliphatic heterocycles. The molecular weight excluding hydrogens is 383 g/mol. The van der Waals surface area contributed by atoms with Crippen molar-refractivity contribution in [2.45, 2.75) is 6.36 Å². The quantitative estimate of drug-likeness (QED) is 0.742. The molecule has 0 atom stereocenters. The number of furan rings is 1. The molecule has 150 valence electrons. The molecule has 0 bridgehead atoms. The third-order valence-electron chi connectivity index (χ3n) is 3.32. The van der Waals surface area contributed by atoms with Crippen LogP contribution >= 0.6 is 0 Å². The van der Waals surface area contributed by atoms with Crippen LogP contribution in [0.15, 0.2) is 47.1 Å². The lowest BCUT2D eigenvalue weighted by Crippen LogP contribution is -2.41. The van der Waals surface area contributed by atoms with Gasteiger partial charge in [-0.3, -0.25) is 14.4 Å². The number of hydrogen-bond donors (Lipinski definition) is 2. The third kappa shape index (κ3) is 6.67. The van der Waals surface area contributed by atoms with Crippen molar-refractivity contribution in [1.82, 2.24) is 10.2 Å². The molecule has 0 aliphatic rings. The summed E-state index contributed by atoms with van der Waals surface area (Å²) in [5, 5.41) is 4.79.